The predicted octanol–water partition coefficient (Wildman–Crippen LogP) is 4.49. The highest BCUT2D eigenvalue weighted by Crippen LogP contribution is 2.20. The van der Waals surface area contributed by atoms with Crippen molar-refractivity contribution >= 4 is 17.2 Å². The van der Waals surface area contributed by atoms with Crippen molar-refractivity contribution in [1.29, 1.82) is 0 Å². The Morgan fingerprint density at radius 3 is 2.55 bits per heavy atom. The number of nitrogens with zero attached hydrogens (tertiary/aromatic N) is 2. The third-order valence-electron chi connectivity index (χ3n) is 4.27. The Morgan fingerprint density at radius 1 is 1.14 bits per heavy atom. The second kappa shape index (κ2) is 10.4. The molecule has 1 aromatic heterocycles. The summed E-state index contributed by atoms with van der Waals surface area (Å²) in [5.74, 6) is 1.60. The van der Waals surface area contributed by atoms with Crippen molar-refractivity contribution in [2.75, 3.05) is 13.7 Å². The van der Waals surface area contributed by atoms with Crippen molar-refractivity contribution in [1.82, 2.24) is 9.88 Å². The smallest absolute Gasteiger partial charge is 0.227 e. The average molecular weight is 409 g/mol. The van der Waals surface area contributed by atoms with E-state index in [-0.39, 0.29) is 5.91 Å². The van der Waals surface area contributed by atoms with E-state index in [4.69, 9.17) is 9.47 Å². The summed E-state index contributed by atoms with van der Waals surface area (Å²) in [6.07, 6.45) is 2.11. The molecule has 0 aliphatic rings. The fourth-order valence-corrected chi connectivity index (χ4v) is 3.49. The van der Waals surface area contributed by atoms with Crippen LogP contribution < -0.4 is 9.47 Å². The lowest BCUT2D eigenvalue weighted by Gasteiger charge is -2.20. The van der Waals surface area contributed by atoms with E-state index in [9.17, 15) is 4.79 Å². The Labute approximate surface area is 175 Å². The molecule has 150 valence electrons. The zero-order chi connectivity index (χ0) is 20.5. The lowest BCUT2D eigenvalue weighted by molar-refractivity contribution is -0.130. The van der Waals surface area contributed by atoms with Crippen molar-refractivity contribution in [3.63, 3.8) is 0 Å². The zero-order valence-electron chi connectivity index (χ0n) is 16.4. The summed E-state index contributed by atoms with van der Waals surface area (Å²) in [5.41, 5.74) is 1.85. The first kappa shape index (κ1) is 20.6. The molecule has 0 bridgehead atoms. The molecule has 0 saturated carbocycles. The van der Waals surface area contributed by atoms with Crippen LogP contribution in [0.4, 0.5) is 0 Å². The number of ether oxygens (including phenoxy) is 2. The van der Waals surface area contributed by atoms with Gasteiger partial charge in [-0.05, 0) is 29.8 Å². The summed E-state index contributed by atoms with van der Waals surface area (Å²) in [5, 5.41) is 2.84. The van der Waals surface area contributed by atoms with Crippen LogP contribution in [0, 0.1) is 0 Å². The van der Waals surface area contributed by atoms with E-state index < -0.39 is 0 Å². The fourth-order valence-electron chi connectivity index (χ4n) is 2.79. The lowest BCUT2D eigenvalue weighted by atomic mass is 10.1. The Morgan fingerprint density at radius 2 is 1.86 bits per heavy atom. The zero-order valence-corrected chi connectivity index (χ0v) is 17.2. The van der Waals surface area contributed by atoms with Gasteiger partial charge in [-0.15, -0.1) is 17.9 Å². The third-order valence-corrected chi connectivity index (χ3v) is 5.15. The summed E-state index contributed by atoms with van der Waals surface area (Å²) in [6.45, 7) is 5.10. The van der Waals surface area contributed by atoms with Gasteiger partial charge in [-0.1, -0.05) is 36.4 Å². The lowest BCUT2D eigenvalue weighted by Crippen LogP contribution is -2.32. The molecule has 2 aromatic carbocycles. The van der Waals surface area contributed by atoms with E-state index in [2.05, 4.69) is 11.6 Å². The van der Waals surface area contributed by atoms with E-state index in [1.807, 2.05) is 60.0 Å². The summed E-state index contributed by atoms with van der Waals surface area (Å²) >= 11 is 1.53. The molecule has 0 aliphatic heterocycles. The molecule has 0 fully saturated rings. The highest BCUT2D eigenvalue weighted by Gasteiger charge is 2.15. The van der Waals surface area contributed by atoms with Gasteiger partial charge in [0.2, 0.25) is 5.91 Å². The predicted molar refractivity (Wildman–Crippen MR) is 115 cm³/mol. The van der Waals surface area contributed by atoms with Crippen molar-refractivity contribution in [3.8, 4) is 11.5 Å². The molecule has 3 rings (SSSR count). The first-order valence-corrected chi connectivity index (χ1v) is 10.2. The fraction of sp³-hybridized carbons (Fsp3) is 0.217. The van der Waals surface area contributed by atoms with Crippen molar-refractivity contribution in [3.05, 3.63) is 88.9 Å². The van der Waals surface area contributed by atoms with E-state index in [0.29, 0.717) is 26.1 Å². The molecular weight excluding hydrogens is 384 g/mol. The molecule has 5 nitrogen and oxygen atoms in total. The molecule has 0 atom stereocenters. The van der Waals surface area contributed by atoms with Gasteiger partial charge >= 0.3 is 0 Å². The molecule has 6 heteroatoms. The number of benzene rings is 2. The number of carbonyl (C=O) groups is 1. The normalized spacial score (nSPS) is 10.4. The number of carbonyl (C=O) groups excluding carboxylic acids is 1. The molecular formula is C23H24N2O3S. The topological polar surface area (TPSA) is 51.7 Å². The highest BCUT2D eigenvalue weighted by atomic mass is 32.1. The largest absolute Gasteiger partial charge is 0.497 e. The van der Waals surface area contributed by atoms with E-state index in [1.54, 1.807) is 18.1 Å². The van der Waals surface area contributed by atoms with Crippen LogP contribution >= 0.6 is 11.3 Å². The standard InChI is InChI=1S/C23H24N2O3S/c1-3-13-25(23(26)14-18-7-5-4-6-8-18)15-19-17-29-22(24-19)16-28-21-11-9-20(27-2)10-12-21/h3-12,17H,1,13-16H2,2H3. The van der Waals surface area contributed by atoms with Crippen LogP contribution in [-0.2, 0) is 24.4 Å². The van der Waals surface area contributed by atoms with Gasteiger partial charge in [-0.3, -0.25) is 4.79 Å². The van der Waals surface area contributed by atoms with Gasteiger partial charge in [0, 0.05) is 11.9 Å². The van der Waals surface area contributed by atoms with Crippen molar-refractivity contribution < 1.29 is 14.3 Å². The molecule has 1 heterocycles. The van der Waals surface area contributed by atoms with Gasteiger partial charge in [0.05, 0.1) is 25.8 Å². The molecule has 29 heavy (non-hydrogen) atoms. The van der Waals surface area contributed by atoms with Crippen LogP contribution in [-0.4, -0.2) is 29.4 Å². The molecule has 3 aromatic rings. The molecule has 0 saturated heterocycles. The summed E-state index contributed by atoms with van der Waals surface area (Å²) in [7, 11) is 1.63. The van der Waals surface area contributed by atoms with Crippen LogP contribution in [0.15, 0.2) is 72.6 Å². The third kappa shape index (κ3) is 6.19. The van der Waals surface area contributed by atoms with Gasteiger partial charge in [0.1, 0.15) is 23.1 Å². The monoisotopic (exact) mass is 408 g/mol. The molecule has 0 N–H and O–H groups in total. The van der Waals surface area contributed by atoms with E-state index >= 15 is 0 Å². The second-order valence-electron chi connectivity index (χ2n) is 6.42. The van der Waals surface area contributed by atoms with Crippen LogP contribution in [0.1, 0.15) is 16.3 Å². The first-order chi connectivity index (χ1) is 14.2. The van der Waals surface area contributed by atoms with Gasteiger partial charge in [-0.25, -0.2) is 4.98 Å². The maximum atomic E-state index is 12.7. The maximum absolute atomic E-state index is 12.7. The quantitative estimate of drug-likeness (QED) is 0.464. The minimum Gasteiger partial charge on any atom is -0.497 e. The molecule has 0 radical (unpaired) electrons. The van der Waals surface area contributed by atoms with Crippen molar-refractivity contribution in [2.45, 2.75) is 19.6 Å². The number of methoxy groups -OCH3 is 1. The SMILES string of the molecule is C=CCN(Cc1csc(COc2ccc(OC)cc2)n1)C(=O)Cc1ccccc1. The second-order valence-corrected chi connectivity index (χ2v) is 7.36. The van der Waals surface area contributed by atoms with Crippen LogP contribution in [0.5, 0.6) is 11.5 Å². The van der Waals surface area contributed by atoms with Gasteiger partial charge < -0.3 is 14.4 Å². The number of amides is 1. The van der Waals surface area contributed by atoms with Crippen LogP contribution in [0.2, 0.25) is 0 Å². The minimum atomic E-state index is 0.0557. The minimum absolute atomic E-state index is 0.0557. The van der Waals surface area contributed by atoms with Crippen LogP contribution in [0.3, 0.4) is 0 Å². The number of thiazole rings is 1. The van der Waals surface area contributed by atoms with Crippen molar-refractivity contribution in [2.24, 2.45) is 0 Å². The van der Waals surface area contributed by atoms with Gasteiger partial charge in [0.15, 0.2) is 0 Å². The Hall–Kier alpha value is -3.12. The van der Waals surface area contributed by atoms with Gasteiger partial charge in [-0.2, -0.15) is 0 Å². The first-order valence-electron chi connectivity index (χ1n) is 9.30. The Bertz CT molecular complexity index is 923. The molecule has 0 unspecified atom stereocenters. The summed E-state index contributed by atoms with van der Waals surface area (Å²) in [4.78, 5) is 19.1. The molecule has 0 aliphatic carbocycles. The number of aromatic nitrogens is 1. The average Bonchev–Trinajstić information content (AvgIpc) is 3.20. The summed E-state index contributed by atoms with van der Waals surface area (Å²) in [6, 6.07) is 17.2. The molecule has 0 spiro atoms. The Balaban J connectivity index is 1.57. The van der Waals surface area contributed by atoms with E-state index in [1.165, 1.54) is 11.3 Å². The van der Waals surface area contributed by atoms with Gasteiger partial charge in [0.25, 0.3) is 0 Å². The van der Waals surface area contributed by atoms with Crippen LogP contribution in [0.25, 0.3) is 0 Å². The number of hydrogen-bond acceptors (Lipinski definition) is 5. The Kier molecular flexibility index (Phi) is 7.41. The highest BCUT2D eigenvalue weighted by molar-refractivity contribution is 7.09. The maximum Gasteiger partial charge on any atom is 0.227 e. The molecule has 1 amide bonds. The number of hydrogen-bond donors (Lipinski definition) is 0. The van der Waals surface area contributed by atoms with E-state index in [0.717, 1.165) is 27.8 Å². The summed E-state index contributed by atoms with van der Waals surface area (Å²) < 4.78 is 10.9. The number of rotatable bonds is 10.